The van der Waals surface area contributed by atoms with E-state index in [1.165, 1.54) is 19.4 Å². The van der Waals surface area contributed by atoms with Crippen LogP contribution in [0, 0.1) is 5.92 Å². The molecule has 2 aromatic heterocycles. The Labute approximate surface area is 460 Å². The second kappa shape index (κ2) is 28.2. The van der Waals surface area contributed by atoms with Crippen molar-refractivity contribution in [2.45, 2.75) is 88.4 Å². The third kappa shape index (κ3) is 17.1. The van der Waals surface area contributed by atoms with Gasteiger partial charge < -0.3 is 10.6 Å². The third-order valence-corrected chi connectivity index (χ3v) is 16.9. The fourth-order valence-electron chi connectivity index (χ4n) is 7.98. The number of urea groups is 1. The zero-order chi connectivity index (χ0) is 55.8. The molecular formula is C48H63IN16O10S2. The maximum absolute atomic E-state index is 14.6. The Balaban J connectivity index is 1.35. The van der Waals surface area contributed by atoms with E-state index in [9.17, 15) is 47.9 Å². The summed E-state index contributed by atoms with van der Waals surface area (Å²) in [6, 6.07) is 4.90. The van der Waals surface area contributed by atoms with E-state index in [0.717, 1.165) is 37.4 Å². The summed E-state index contributed by atoms with van der Waals surface area (Å²) in [6.07, 6.45) is 4.16. The van der Waals surface area contributed by atoms with Crippen molar-refractivity contribution < 1.29 is 74.9 Å². The fourth-order valence-corrected chi connectivity index (χ4v) is 12.5. The van der Waals surface area contributed by atoms with Gasteiger partial charge in [-0.2, -0.15) is 0 Å². The van der Waals surface area contributed by atoms with Gasteiger partial charge in [-0.15, -0.1) is 0 Å². The number of carbonyl (C=O) groups excluding carboxylic acids is 10. The summed E-state index contributed by atoms with van der Waals surface area (Å²) >= 11 is -1.03. The Morgan fingerprint density at radius 1 is 0.766 bits per heavy atom. The molecule has 6 rings (SSSR count). The molecule has 8 atom stereocenters. The first kappa shape index (κ1) is 59.0. The van der Waals surface area contributed by atoms with Gasteiger partial charge in [-0.05, 0) is 5.92 Å². The number of benzene rings is 2. The van der Waals surface area contributed by atoms with Gasteiger partial charge >= 0.3 is 372 Å². The number of imidazole rings is 1. The number of imide groups is 1. The molecule has 4 heterocycles. The first-order valence-corrected chi connectivity index (χ1v) is 29.8. The van der Waals surface area contributed by atoms with E-state index >= 15 is 0 Å². The molecule has 0 radical (unpaired) electrons. The number of quaternary nitrogens is 1. The van der Waals surface area contributed by atoms with Crippen molar-refractivity contribution in [2.24, 2.45) is 22.4 Å². The van der Waals surface area contributed by atoms with E-state index in [2.05, 4.69) is 68.2 Å². The number of H-pyrrole nitrogens is 2. The number of halogens is 1. The van der Waals surface area contributed by atoms with Crippen LogP contribution in [-0.2, 0) is 62.4 Å². The second-order valence-corrected chi connectivity index (χ2v) is 23.6. The number of alkyl halides is 2. The molecule has 0 bridgehead atoms. The van der Waals surface area contributed by atoms with E-state index in [4.69, 9.17) is 11.5 Å². The van der Waals surface area contributed by atoms with E-state index in [-0.39, 0.29) is 51.6 Å². The monoisotopic (exact) mass is 1210 g/mol. The zero-order valence-corrected chi connectivity index (χ0v) is 46.1. The fraction of sp³-hybridized carbons (Fsp3) is 0.417. The van der Waals surface area contributed by atoms with Crippen molar-refractivity contribution in [3.63, 3.8) is 0 Å². The molecule has 2 aliphatic rings. The number of hydrogen-bond donors (Lipinski definition) is 13. The SMILES string of the molecule is CC1NC(=O)C(NC(=O)CN2C(=O)NC(C(C)C)C2=O)CSSCC(C([NH3+])=O)NC(=O)C(Cc2c[nH]c3ccccc23)NC(=O)C(C[I-]CN=C(N)N)NC(=O)C(Cc2ccccc2)NC(=O)C(Cc2cnc[nH]2)NC1=O. The van der Waals surface area contributed by atoms with Crippen LogP contribution in [0.25, 0.3) is 10.9 Å². The molecular weight excluding hydrogens is 1150 g/mol. The summed E-state index contributed by atoms with van der Waals surface area (Å²) in [5.74, 6) is -7.89. The van der Waals surface area contributed by atoms with Gasteiger partial charge in [0, 0.05) is 0 Å². The Kier molecular flexibility index (Phi) is 21.6. The summed E-state index contributed by atoms with van der Waals surface area (Å²) in [4.78, 5) is 154. The molecule has 8 unspecified atom stereocenters. The third-order valence-electron chi connectivity index (χ3n) is 12.2. The molecule has 4 aromatic rings. The molecule has 0 spiro atoms. The topological polar surface area (TPSA) is 407 Å². The molecule has 0 aliphatic carbocycles. The molecule has 2 aromatic carbocycles. The number of nitrogens with one attached hydrogen (secondary N) is 10. The van der Waals surface area contributed by atoms with Gasteiger partial charge in [-0.3, -0.25) is 19.3 Å². The van der Waals surface area contributed by atoms with Gasteiger partial charge in [0.05, 0.1) is 0 Å². The number of nitrogens with two attached hydrogens (primary N) is 2. The Hall–Kier alpha value is -7.25. The Morgan fingerprint density at radius 2 is 1.39 bits per heavy atom. The van der Waals surface area contributed by atoms with E-state index in [1.807, 2.05) is 24.3 Å². The number of rotatable bonds is 15. The van der Waals surface area contributed by atoms with Gasteiger partial charge in [0.2, 0.25) is 11.8 Å². The predicted octanol–water partition coefficient (Wildman–Crippen LogP) is -6.61. The van der Waals surface area contributed by atoms with Crippen molar-refractivity contribution in [3.05, 3.63) is 90.1 Å². The first-order chi connectivity index (χ1) is 36.8. The molecule has 0 saturated carbocycles. The van der Waals surface area contributed by atoms with Crippen molar-refractivity contribution in [1.29, 1.82) is 0 Å². The van der Waals surface area contributed by atoms with Crippen LogP contribution < -0.4 is 80.9 Å². The van der Waals surface area contributed by atoms with Crippen molar-refractivity contribution in [1.82, 2.24) is 62.4 Å². The number of hydrogen-bond acceptors (Lipinski definition) is 14. The molecule has 2 aliphatic heterocycles. The maximum atomic E-state index is 14.6. The van der Waals surface area contributed by atoms with E-state index < -0.39 is 135 Å². The van der Waals surface area contributed by atoms with Crippen LogP contribution in [0.2, 0.25) is 0 Å². The van der Waals surface area contributed by atoms with Crippen LogP contribution in [0.3, 0.4) is 0 Å². The van der Waals surface area contributed by atoms with Crippen LogP contribution in [0.15, 0.2) is 78.3 Å². The minimum atomic E-state index is -1.42. The average molecular weight is 1220 g/mol. The van der Waals surface area contributed by atoms with Gasteiger partial charge in [0.25, 0.3) is 5.91 Å². The summed E-state index contributed by atoms with van der Waals surface area (Å²) < 4.78 is 0.230. The van der Waals surface area contributed by atoms with Crippen LogP contribution in [0.4, 0.5) is 4.79 Å². The number of amides is 11. The number of aliphatic imine (C=N–C) groups is 1. The standard InChI is InChI=1S/C48H62IN16O10S2/c1-24(2)38-46(74)65(48(75)64-38)19-37(66)58-36-21-77-76-20-35(39(50)67)63-42(70)32(14-27-17-54-30-12-8-7-11-29(27)30)61-44(72)34(16-49-22-55-47(51)52)62-41(69)31(13-26-9-5-4-6-10-26)60-43(71)33(15-28-18-53-23-56-28)59-40(68)25(3)57-45(36)73/h4-12,17-18,23-25,31-36,38,54H,13-16,19-22H2,1-3H3,(H2,50,67)(H,53,56)(H,57,73)(H,58,66)(H,59,68)(H,60,71)(H,61,72)(H,62,69)(H,63,70)(H,64,75)(H4,51,52,55)/q-1/p+1. The number of carbonyl (C=O) groups is 10. The Bertz CT molecular complexity index is 2820. The average Bonchev–Trinajstić information content (AvgIpc) is 4.14. The predicted molar refractivity (Wildman–Crippen MR) is 281 cm³/mol. The number of fused-ring (bicyclic) bond motifs is 1. The minimum absolute atomic E-state index is 0.0579. The first-order valence-electron chi connectivity index (χ1n) is 24.3. The van der Waals surface area contributed by atoms with Gasteiger partial charge in [0.15, 0.2) is 0 Å². The molecule has 414 valence electrons. The number of aromatic amines is 2. The normalized spacial score (nSPS) is 23.7. The summed E-state index contributed by atoms with van der Waals surface area (Å²) in [6.45, 7) is 4.05. The van der Waals surface area contributed by atoms with E-state index in [1.54, 1.807) is 50.4 Å². The molecule has 17 N–H and O–H groups in total. The molecule has 2 saturated heterocycles. The van der Waals surface area contributed by atoms with Crippen LogP contribution in [0.5, 0.6) is 0 Å². The second-order valence-electron chi connectivity index (χ2n) is 18.4. The summed E-state index contributed by atoms with van der Waals surface area (Å²) in [5.41, 5.74) is 17.2. The molecule has 11 amide bonds. The number of nitrogens with zero attached hydrogens (tertiary/aromatic N) is 3. The van der Waals surface area contributed by atoms with Gasteiger partial charge in [-0.25, -0.2) is 4.79 Å². The van der Waals surface area contributed by atoms with Crippen LogP contribution >= 0.6 is 21.6 Å². The van der Waals surface area contributed by atoms with Crippen molar-refractivity contribution >= 4 is 97.6 Å². The van der Waals surface area contributed by atoms with Crippen LogP contribution in [-0.4, -0.2) is 160 Å². The van der Waals surface area contributed by atoms with Crippen molar-refractivity contribution in [2.75, 3.05) is 27.0 Å². The van der Waals surface area contributed by atoms with Gasteiger partial charge in [0.1, 0.15) is 18.6 Å². The molecule has 2 fully saturated rings. The Morgan fingerprint density at radius 3 is 2.05 bits per heavy atom. The molecule has 77 heavy (non-hydrogen) atoms. The number of para-hydroxylation sites is 1. The quantitative estimate of drug-likeness (QED) is 0.00770. The summed E-state index contributed by atoms with van der Waals surface area (Å²) in [5, 5.41) is 22.1. The van der Waals surface area contributed by atoms with Crippen LogP contribution in [0.1, 0.15) is 37.6 Å². The van der Waals surface area contributed by atoms with E-state index in [0.29, 0.717) is 16.8 Å². The van der Waals surface area contributed by atoms with Gasteiger partial charge in [-0.1, -0.05) is 13.8 Å². The summed E-state index contributed by atoms with van der Waals surface area (Å²) in [7, 11) is 2.04. The van der Waals surface area contributed by atoms with Crippen molar-refractivity contribution in [3.8, 4) is 0 Å². The number of aromatic nitrogens is 3. The molecule has 26 nitrogen and oxygen atoms in total. The zero-order valence-electron chi connectivity index (χ0n) is 42.3. The number of guanidine groups is 1. The molecule has 29 heteroatoms.